The molecule has 6 heteroatoms. The highest BCUT2D eigenvalue weighted by Crippen LogP contribution is 2.10. The van der Waals surface area contributed by atoms with E-state index in [0.717, 1.165) is 17.3 Å². The van der Waals surface area contributed by atoms with Gasteiger partial charge in [0.25, 0.3) is 5.91 Å². The van der Waals surface area contributed by atoms with Crippen molar-refractivity contribution in [3.05, 3.63) is 16.1 Å². The number of amides is 1. The highest BCUT2D eigenvalue weighted by atomic mass is 32.2. The van der Waals surface area contributed by atoms with E-state index < -0.39 is 0 Å². The van der Waals surface area contributed by atoms with Gasteiger partial charge >= 0.3 is 0 Å². The van der Waals surface area contributed by atoms with E-state index >= 15 is 0 Å². The summed E-state index contributed by atoms with van der Waals surface area (Å²) in [5, 5.41) is 2.57. The Morgan fingerprint density at radius 2 is 2.47 bits per heavy atom. The summed E-state index contributed by atoms with van der Waals surface area (Å²) in [4.78, 5) is 17.6. The number of nitrogens with zero attached hydrogens (tertiary/aromatic N) is 2. The molecule has 0 spiro atoms. The van der Waals surface area contributed by atoms with E-state index in [1.165, 1.54) is 11.3 Å². The molecule has 0 aromatic carbocycles. The molecule has 1 rings (SSSR count). The molecule has 0 bridgehead atoms. The lowest BCUT2D eigenvalue weighted by Gasteiger charge is -2.14. The molecule has 1 amide bonds. The second-order valence-corrected chi connectivity index (χ2v) is 4.98. The van der Waals surface area contributed by atoms with Crippen LogP contribution < -0.4 is 5.73 Å². The van der Waals surface area contributed by atoms with Crippen LogP contribution in [0, 0.1) is 0 Å². The molecule has 1 heterocycles. The zero-order valence-corrected chi connectivity index (χ0v) is 10.5. The van der Waals surface area contributed by atoms with Gasteiger partial charge in [0.1, 0.15) is 10.7 Å². The molecule has 0 aliphatic heterocycles. The molecular formula is C9H15N3OS2. The lowest BCUT2D eigenvalue weighted by atomic mass is 10.4. The monoisotopic (exact) mass is 245 g/mol. The van der Waals surface area contributed by atoms with Gasteiger partial charge in [0.15, 0.2) is 0 Å². The minimum Gasteiger partial charge on any atom is -0.340 e. The molecule has 0 aliphatic rings. The number of aromatic nitrogens is 1. The van der Waals surface area contributed by atoms with E-state index in [1.54, 1.807) is 29.1 Å². The van der Waals surface area contributed by atoms with Crippen molar-refractivity contribution in [3.63, 3.8) is 0 Å². The van der Waals surface area contributed by atoms with E-state index in [0.29, 0.717) is 12.2 Å². The molecule has 0 aliphatic carbocycles. The SMILES string of the molecule is CSCCN(C)C(=O)c1csc(CN)n1. The van der Waals surface area contributed by atoms with E-state index in [9.17, 15) is 4.79 Å². The van der Waals surface area contributed by atoms with Gasteiger partial charge in [-0.2, -0.15) is 11.8 Å². The van der Waals surface area contributed by atoms with Crippen LogP contribution >= 0.6 is 23.1 Å². The topological polar surface area (TPSA) is 59.2 Å². The maximum atomic E-state index is 11.8. The van der Waals surface area contributed by atoms with E-state index in [4.69, 9.17) is 5.73 Å². The number of nitrogens with two attached hydrogens (primary N) is 1. The van der Waals surface area contributed by atoms with Crippen molar-refractivity contribution in [2.45, 2.75) is 6.54 Å². The Bertz CT molecular complexity index is 327. The molecular weight excluding hydrogens is 230 g/mol. The second-order valence-electron chi connectivity index (χ2n) is 3.05. The van der Waals surface area contributed by atoms with Crippen LogP contribution in [-0.4, -0.2) is 41.4 Å². The molecule has 0 saturated heterocycles. The van der Waals surface area contributed by atoms with Gasteiger partial charge in [0.2, 0.25) is 0 Å². The van der Waals surface area contributed by atoms with Crippen molar-refractivity contribution in [1.29, 1.82) is 0 Å². The molecule has 0 fully saturated rings. The third kappa shape index (κ3) is 3.48. The van der Waals surface area contributed by atoms with Crippen molar-refractivity contribution >= 4 is 29.0 Å². The van der Waals surface area contributed by atoms with Gasteiger partial charge in [-0.05, 0) is 6.26 Å². The summed E-state index contributed by atoms with van der Waals surface area (Å²) in [5.41, 5.74) is 5.94. The summed E-state index contributed by atoms with van der Waals surface area (Å²) in [6.07, 6.45) is 2.02. The van der Waals surface area contributed by atoms with Crippen LogP contribution in [0.4, 0.5) is 0 Å². The van der Waals surface area contributed by atoms with Crippen molar-refractivity contribution in [2.75, 3.05) is 25.6 Å². The summed E-state index contributed by atoms with van der Waals surface area (Å²) >= 11 is 3.15. The molecule has 1 aromatic rings. The summed E-state index contributed by atoms with van der Waals surface area (Å²) < 4.78 is 0. The third-order valence-corrected chi connectivity index (χ3v) is 3.38. The van der Waals surface area contributed by atoms with Crippen molar-refractivity contribution in [3.8, 4) is 0 Å². The first-order chi connectivity index (χ1) is 7.19. The quantitative estimate of drug-likeness (QED) is 0.842. The van der Waals surface area contributed by atoms with Crippen LogP contribution in [-0.2, 0) is 6.54 Å². The fourth-order valence-corrected chi connectivity index (χ4v) is 2.13. The molecule has 0 saturated carbocycles. The van der Waals surface area contributed by atoms with Gasteiger partial charge in [0.05, 0.1) is 0 Å². The Balaban J connectivity index is 2.59. The molecule has 2 N–H and O–H groups in total. The van der Waals surface area contributed by atoms with Crippen molar-refractivity contribution in [2.24, 2.45) is 5.73 Å². The van der Waals surface area contributed by atoms with E-state index in [1.807, 2.05) is 6.26 Å². The maximum Gasteiger partial charge on any atom is 0.273 e. The Labute approximate surface area is 97.9 Å². The Kier molecular flexibility index (Phi) is 5.07. The van der Waals surface area contributed by atoms with Gasteiger partial charge in [-0.25, -0.2) is 4.98 Å². The molecule has 0 atom stereocenters. The first-order valence-electron chi connectivity index (χ1n) is 4.58. The number of thiazole rings is 1. The molecule has 4 nitrogen and oxygen atoms in total. The Morgan fingerprint density at radius 1 is 1.73 bits per heavy atom. The summed E-state index contributed by atoms with van der Waals surface area (Å²) in [6, 6.07) is 0. The van der Waals surface area contributed by atoms with Crippen LogP contribution in [0.25, 0.3) is 0 Å². The van der Waals surface area contributed by atoms with Crippen LogP contribution in [0.2, 0.25) is 0 Å². The van der Waals surface area contributed by atoms with Gasteiger partial charge in [-0.3, -0.25) is 4.79 Å². The smallest absolute Gasteiger partial charge is 0.273 e. The molecule has 0 unspecified atom stereocenters. The Hall–Kier alpha value is -0.590. The van der Waals surface area contributed by atoms with Crippen LogP contribution in [0.5, 0.6) is 0 Å². The minimum atomic E-state index is -0.0278. The van der Waals surface area contributed by atoms with Gasteiger partial charge < -0.3 is 10.6 Å². The number of thioether (sulfide) groups is 1. The maximum absolute atomic E-state index is 11.8. The Morgan fingerprint density at radius 3 is 3.00 bits per heavy atom. The lowest BCUT2D eigenvalue weighted by Crippen LogP contribution is -2.29. The number of rotatable bonds is 5. The minimum absolute atomic E-state index is 0.0278. The predicted molar refractivity (Wildman–Crippen MR) is 65.3 cm³/mol. The number of hydrogen-bond donors (Lipinski definition) is 1. The highest BCUT2D eigenvalue weighted by molar-refractivity contribution is 7.98. The van der Waals surface area contributed by atoms with Crippen molar-refractivity contribution < 1.29 is 4.79 Å². The largest absolute Gasteiger partial charge is 0.340 e. The van der Waals surface area contributed by atoms with Crippen molar-refractivity contribution in [1.82, 2.24) is 9.88 Å². The standard InChI is InChI=1S/C9H15N3OS2/c1-12(3-4-14-2)9(13)7-6-15-8(5-10)11-7/h6H,3-5,10H2,1-2H3. The number of hydrogen-bond acceptors (Lipinski definition) is 5. The average Bonchev–Trinajstić information content (AvgIpc) is 2.73. The lowest BCUT2D eigenvalue weighted by molar-refractivity contribution is 0.0798. The van der Waals surface area contributed by atoms with E-state index in [2.05, 4.69) is 4.98 Å². The van der Waals surface area contributed by atoms with Crippen LogP contribution in [0.15, 0.2) is 5.38 Å². The first-order valence-corrected chi connectivity index (χ1v) is 6.85. The van der Waals surface area contributed by atoms with Crippen LogP contribution in [0.3, 0.4) is 0 Å². The molecule has 15 heavy (non-hydrogen) atoms. The number of carbonyl (C=O) groups excluding carboxylic acids is 1. The summed E-state index contributed by atoms with van der Waals surface area (Å²) in [5.74, 6) is 0.913. The van der Waals surface area contributed by atoms with E-state index in [-0.39, 0.29) is 5.91 Å². The highest BCUT2D eigenvalue weighted by Gasteiger charge is 2.14. The first kappa shape index (κ1) is 12.5. The number of carbonyl (C=O) groups is 1. The third-order valence-electron chi connectivity index (χ3n) is 1.92. The fraction of sp³-hybridized carbons (Fsp3) is 0.556. The second kappa shape index (κ2) is 6.09. The fourth-order valence-electron chi connectivity index (χ4n) is 1.03. The molecule has 0 radical (unpaired) electrons. The zero-order chi connectivity index (χ0) is 11.3. The van der Waals surface area contributed by atoms with Crippen LogP contribution in [0.1, 0.15) is 15.5 Å². The average molecular weight is 245 g/mol. The van der Waals surface area contributed by atoms with Gasteiger partial charge in [0, 0.05) is 31.3 Å². The summed E-state index contributed by atoms with van der Waals surface area (Å²) in [7, 11) is 1.79. The zero-order valence-electron chi connectivity index (χ0n) is 8.90. The summed E-state index contributed by atoms with van der Waals surface area (Å²) in [6.45, 7) is 1.14. The molecule has 1 aromatic heterocycles. The molecule has 84 valence electrons. The van der Waals surface area contributed by atoms with Gasteiger partial charge in [-0.1, -0.05) is 0 Å². The van der Waals surface area contributed by atoms with Gasteiger partial charge in [-0.15, -0.1) is 11.3 Å². The normalized spacial score (nSPS) is 10.3. The predicted octanol–water partition coefficient (Wildman–Crippen LogP) is 1.04.